The number of carbonyl (C=O) groups is 1. The molecule has 1 atom stereocenters. The first-order chi connectivity index (χ1) is 12.8. The van der Waals surface area contributed by atoms with Gasteiger partial charge in [0, 0.05) is 36.1 Å². The number of para-hydroxylation sites is 1. The predicted molar refractivity (Wildman–Crippen MR) is 100 cm³/mol. The van der Waals surface area contributed by atoms with Crippen LogP contribution in [0.1, 0.15) is 23.2 Å². The molecule has 0 saturated carbocycles. The summed E-state index contributed by atoms with van der Waals surface area (Å²) in [7, 11) is 0. The summed E-state index contributed by atoms with van der Waals surface area (Å²) in [5.41, 5.74) is 2.75. The van der Waals surface area contributed by atoms with E-state index in [1.54, 1.807) is 12.7 Å². The lowest BCUT2D eigenvalue weighted by molar-refractivity contribution is 0.0715. The molecule has 1 aliphatic heterocycles. The van der Waals surface area contributed by atoms with Gasteiger partial charge in [0.1, 0.15) is 12.7 Å². The minimum atomic E-state index is 0.0832. The number of piperidine rings is 1. The van der Waals surface area contributed by atoms with Gasteiger partial charge < -0.3 is 10.2 Å². The molecule has 6 nitrogen and oxygen atoms in total. The number of hydrogen-bond acceptors (Lipinski definition) is 4. The Morgan fingerprint density at radius 1 is 1.00 bits per heavy atom. The summed E-state index contributed by atoms with van der Waals surface area (Å²) in [4.78, 5) is 14.8. The summed E-state index contributed by atoms with van der Waals surface area (Å²) in [5, 5.41) is 11.1. The average molecular weight is 347 g/mol. The molecule has 1 amide bonds. The third-order valence-electron chi connectivity index (χ3n) is 4.68. The molecular weight excluding hydrogens is 326 g/mol. The monoisotopic (exact) mass is 347 g/mol. The van der Waals surface area contributed by atoms with Gasteiger partial charge in [0.25, 0.3) is 5.91 Å². The van der Waals surface area contributed by atoms with Crippen LogP contribution in [0.4, 0.5) is 5.69 Å². The van der Waals surface area contributed by atoms with Gasteiger partial charge in [-0.25, -0.2) is 0 Å². The molecule has 0 spiro atoms. The SMILES string of the molecule is O=C(c1ccc(-n2cnnc2)cc1)N1CCC[C@H](Nc2ccccc2)C1. The van der Waals surface area contributed by atoms with Crippen molar-refractivity contribution in [2.75, 3.05) is 18.4 Å². The Balaban J connectivity index is 1.42. The number of benzene rings is 2. The van der Waals surface area contributed by atoms with E-state index in [-0.39, 0.29) is 11.9 Å². The second-order valence-electron chi connectivity index (χ2n) is 6.52. The zero-order valence-electron chi connectivity index (χ0n) is 14.5. The number of aromatic nitrogens is 3. The molecule has 1 N–H and O–H groups in total. The van der Waals surface area contributed by atoms with E-state index in [1.165, 1.54) is 0 Å². The van der Waals surface area contributed by atoms with Gasteiger partial charge in [0.15, 0.2) is 0 Å². The lowest BCUT2D eigenvalue weighted by atomic mass is 10.0. The van der Waals surface area contributed by atoms with E-state index in [0.29, 0.717) is 5.56 Å². The van der Waals surface area contributed by atoms with Gasteiger partial charge in [-0.3, -0.25) is 9.36 Å². The summed E-state index contributed by atoms with van der Waals surface area (Å²) in [5.74, 6) is 0.0832. The average Bonchev–Trinajstić information content (AvgIpc) is 3.23. The maximum Gasteiger partial charge on any atom is 0.253 e. The van der Waals surface area contributed by atoms with E-state index < -0.39 is 0 Å². The number of nitrogens with zero attached hydrogens (tertiary/aromatic N) is 4. The normalized spacial score (nSPS) is 17.1. The molecule has 2 aromatic carbocycles. The van der Waals surface area contributed by atoms with E-state index in [4.69, 9.17) is 0 Å². The molecule has 3 aromatic rings. The van der Waals surface area contributed by atoms with E-state index >= 15 is 0 Å². The maximum atomic E-state index is 12.9. The van der Waals surface area contributed by atoms with E-state index in [1.807, 2.05) is 51.9 Å². The summed E-state index contributed by atoms with van der Waals surface area (Å²) < 4.78 is 1.81. The third kappa shape index (κ3) is 3.59. The van der Waals surface area contributed by atoms with Crippen LogP contribution in [0.3, 0.4) is 0 Å². The fraction of sp³-hybridized carbons (Fsp3) is 0.250. The van der Waals surface area contributed by atoms with E-state index in [0.717, 1.165) is 37.3 Å². The van der Waals surface area contributed by atoms with Gasteiger partial charge in [0.2, 0.25) is 0 Å². The molecule has 1 saturated heterocycles. The van der Waals surface area contributed by atoms with Crippen molar-refractivity contribution in [1.82, 2.24) is 19.7 Å². The van der Waals surface area contributed by atoms with Crippen LogP contribution in [-0.2, 0) is 0 Å². The number of rotatable bonds is 4. The minimum absolute atomic E-state index is 0.0832. The molecule has 0 unspecified atom stereocenters. The summed E-state index contributed by atoms with van der Waals surface area (Å²) in [6.07, 6.45) is 5.36. The first kappa shape index (κ1) is 16.3. The van der Waals surface area contributed by atoms with E-state index in [2.05, 4.69) is 27.6 Å². The van der Waals surface area contributed by atoms with Crippen LogP contribution in [0.2, 0.25) is 0 Å². The summed E-state index contributed by atoms with van der Waals surface area (Å²) >= 11 is 0. The summed E-state index contributed by atoms with van der Waals surface area (Å²) in [6, 6.07) is 18.0. The third-order valence-corrected chi connectivity index (χ3v) is 4.68. The molecule has 1 aromatic heterocycles. The van der Waals surface area contributed by atoms with Crippen LogP contribution in [-0.4, -0.2) is 44.7 Å². The quantitative estimate of drug-likeness (QED) is 0.788. The number of carbonyl (C=O) groups excluding carboxylic acids is 1. The molecule has 0 bridgehead atoms. The lowest BCUT2D eigenvalue weighted by Gasteiger charge is -2.33. The van der Waals surface area contributed by atoms with Crippen molar-refractivity contribution >= 4 is 11.6 Å². The molecule has 1 aliphatic rings. The van der Waals surface area contributed by atoms with Crippen molar-refractivity contribution < 1.29 is 4.79 Å². The van der Waals surface area contributed by atoms with Gasteiger partial charge in [0.05, 0.1) is 0 Å². The molecule has 132 valence electrons. The fourth-order valence-corrected chi connectivity index (χ4v) is 3.34. The molecule has 1 fully saturated rings. The fourth-order valence-electron chi connectivity index (χ4n) is 3.34. The summed E-state index contributed by atoms with van der Waals surface area (Å²) in [6.45, 7) is 1.53. The number of hydrogen-bond donors (Lipinski definition) is 1. The molecule has 4 rings (SSSR count). The van der Waals surface area contributed by atoms with Crippen LogP contribution in [0.15, 0.2) is 67.3 Å². The second kappa shape index (κ2) is 7.39. The van der Waals surface area contributed by atoms with Crippen LogP contribution in [0, 0.1) is 0 Å². The Bertz CT molecular complexity index is 846. The lowest BCUT2D eigenvalue weighted by Crippen LogP contribution is -2.45. The zero-order valence-corrected chi connectivity index (χ0v) is 14.5. The topological polar surface area (TPSA) is 63.1 Å². The van der Waals surface area contributed by atoms with Crippen molar-refractivity contribution in [2.45, 2.75) is 18.9 Å². The standard InChI is InChI=1S/C20H21N5O/c26-20(16-8-10-19(11-9-16)25-14-21-22-15-25)24-12-4-7-18(13-24)23-17-5-2-1-3-6-17/h1-3,5-6,8-11,14-15,18,23H,4,7,12-13H2/t18-/m0/s1. The number of nitrogens with one attached hydrogen (secondary N) is 1. The Morgan fingerprint density at radius 3 is 2.46 bits per heavy atom. The molecule has 0 aliphatic carbocycles. The predicted octanol–water partition coefficient (Wildman–Crippen LogP) is 2.98. The Kier molecular flexibility index (Phi) is 4.64. The maximum absolute atomic E-state index is 12.9. The van der Waals surface area contributed by atoms with Crippen molar-refractivity contribution in [3.63, 3.8) is 0 Å². The van der Waals surface area contributed by atoms with Crippen molar-refractivity contribution in [1.29, 1.82) is 0 Å². The highest BCUT2D eigenvalue weighted by atomic mass is 16.2. The number of likely N-dealkylation sites (tertiary alicyclic amines) is 1. The smallest absolute Gasteiger partial charge is 0.253 e. The van der Waals surface area contributed by atoms with Gasteiger partial charge in [-0.1, -0.05) is 18.2 Å². The van der Waals surface area contributed by atoms with Crippen LogP contribution in [0.25, 0.3) is 5.69 Å². The Labute approximate surface area is 152 Å². The highest BCUT2D eigenvalue weighted by Crippen LogP contribution is 2.18. The van der Waals surface area contributed by atoms with Crippen molar-refractivity contribution in [3.05, 3.63) is 72.8 Å². The highest BCUT2D eigenvalue weighted by molar-refractivity contribution is 5.94. The number of amides is 1. The van der Waals surface area contributed by atoms with E-state index in [9.17, 15) is 4.79 Å². The van der Waals surface area contributed by atoms with Crippen LogP contribution < -0.4 is 5.32 Å². The van der Waals surface area contributed by atoms with Gasteiger partial charge in [-0.15, -0.1) is 10.2 Å². The molecule has 0 radical (unpaired) electrons. The zero-order chi connectivity index (χ0) is 17.8. The highest BCUT2D eigenvalue weighted by Gasteiger charge is 2.24. The van der Waals surface area contributed by atoms with Gasteiger partial charge in [-0.05, 0) is 49.2 Å². The Hall–Kier alpha value is -3.15. The Morgan fingerprint density at radius 2 is 1.73 bits per heavy atom. The van der Waals surface area contributed by atoms with Crippen molar-refractivity contribution in [2.24, 2.45) is 0 Å². The van der Waals surface area contributed by atoms with Gasteiger partial charge >= 0.3 is 0 Å². The largest absolute Gasteiger partial charge is 0.381 e. The van der Waals surface area contributed by atoms with Crippen LogP contribution >= 0.6 is 0 Å². The molecule has 6 heteroatoms. The number of anilines is 1. The molecular formula is C20H21N5O. The van der Waals surface area contributed by atoms with Crippen molar-refractivity contribution in [3.8, 4) is 5.69 Å². The molecule has 26 heavy (non-hydrogen) atoms. The van der Waals surface area contributed by atoms with Gasteiger partial charge in [-0.2, -0.15) is 0 Å². The molecule has 2 heterocycles. The first-order valence-corrected chi connectivity index (χ1v) is 8.85. The van der Waals surface area contributed by atoms with Crippen LogP contribution in [0.5, 0.6) is 0 Å². The minimum Gasteiger partial charge on any atom is -0.381 e. The first-order valence-electron chi connectivity index (χ1n) is 8.85. The second-order valence-corrected chi connectivity index (χ2v) is 6.52.